The minimum Gasteiger partial charge on any atom is -1.00 e. The van der Waals surface area contributed by atoms with Crippen LogP contribution in [0.15, 0.2) is 54.6 Å². The molecule has 0 amide bonds. The van der Waals surface area contributed by atoms with Crippen LogP contribution in [0.1, 0.15) is 68.9 Å². The lowest BCUT2D eigenvalue weighted by molar-refractivity contribution is -0.946. The summed E-state index contributed by atoms with van der Waals surface area (Å²) < 4.78 is 13.5. The van der Waals surface area contributed by atoms with E-state index in [1.165, 1.54) is 25.9 Å². The van der Waals surface area contributed by atoms with E-state index in [0.29, 0.717) is 18.1 Å². The van der Waals surface area contributed by atoms with Crippen LogP contribution in [0.4, 0.5) is 0 Å². The molecule has 3 heterocycles. The molecule has 0 N–H and O–H groups in total. The van der Waals surface area contributed by atoms with Gasteiger partial charge in [0.2, 0.25) is 0 Å². The third-order valence-electron chi connectivity index (χ3n) is 9.00. The van der Waals surface area contributed by atoms with Crippen LogP contribution in [-0.4, -0.2) is 49.3 Å². The van der Waals surface area contributed by atoms with Crippen molar-refractivity contribution in [3.05, 3.63) is 65.7 Å². The van der Waals surface area contributed by atoms with Crippen molar-refractivity contribution in [2.75, 3.05) is 32.8 Å². The number of quaternary nitrogens is 1. The summed E-state index contributed by atoms with van der Waals surface area (Å²) in [6.45, 7) is 5.02. The molecule has 6 heteroatoms. The van der Waals surface area contributed by atoms with Gasteiger partial charge in [0.25, 0.3) is 0 Å². The lowest BCUT2D eigenvalue weighted by Gasteiger charge is -2.52. The van der Waals surface area contributed by atoms with Crippen molar-refractivity contribution in [1.29, 1.82) is 5.26 Å². The molecular weight excluding hydrogens is 528 g/mol. The molecule has 37 heavy (non-hydrogen) atoms. The fraction of sp³-hybridized carbons (Fsp3) is 0.548. The Balaban J connectivity index is 0.00000320. The van der Waals surface area contributed by atoms with Gasteiger partial charge in [-0.25, -0.2) is 0 Å². The summed E-state index contributed by atoms with van der Waals surface area (Å²) >= 11 is 0. The molecule has 2 aromatic carbocycles. The van der Waals surface area contributed by atoms with Crippen molar-refractivity contribution < 1.29 is 35.7 Å². The highest BCUT2D eigenvalue weighted by atomic mass is 79.9. The van der Waals surface area contributed by atoms with Crippen molar-refractivity contribution in [3.8, 4) is 11.8 Å². The van der Waals surface area contributed by atoms with E-state index >= 15 is 0 Å². The zero-order valence-corrected chi connectivity index (χ0v) is 23.3. The van der Waals surface area contributed by atoms with E-state index in [0.717, 1.165) is 73.8 Å². The molecule has 6 rings (SSSR count). The summed E-state index contributed by atoms with van der Waals surface area (Å²) in [7, 11) is 0. The van der Waals surface area contributed by atoms with Gasteiger partial charge in [-0.15, -0.1) is 0 Å². The van der Waals surface area contributed by atoms with Crippen LogP contribution in [0, 0.1) is 17.2 Å². The fourth-order valence-electron chi connectivity index (χ4n) is 6.83. The Morgan fingerprint density at radius 3 is 2.30 bits per heavy atom. The van der Waals surface area contributed by atoms with E-state index in [1.807, 2.05) is 18.2 Å². The van der Waals surface area contributed by atoms with Crippen LogP contribution in [0.25, 0.3) is 0 Å². The number of ether oxygens (including phenoxy) is 2. The lowest BCUT2D eigenvalue weighted by Crippen LogP contribution is -3.00. The van der Waals surface area contributed by atoms with Crippen molar-refractivity contribution in [2.24, 2.45) is 5.92 Å². The Kier molecular flexibility index (Phi) is 9.31. The Bertz CT molecular complexity index is 1050. The number of hydrogen-bond donors (Lipinski definition) is 0. The first-order valence-electron chi connectivity index (χ1n) is 13.9. The number of benzene rings is 2. The second-order valence-corrected chi connectivity index (χ2v) is 11.2. The Labute approximate surface area is 232 Å². The number of carbonyl (C=O) groups excluding carboxylic acids is 1. The number of halogens is 1. The van der Waals surface area contributed by atoms with Crippen LogP contribution in [0.5, 0.6) is 5.75 Å². The van der Waals surface area contributed by atoms with Crippen LogP contribution in [0.2, 0.25) is 0 Å². The number of nitriles is 1. The van der Waals surface area contributed by atoms with Gasteiger partial charge in [-0.2, -0.15) is 5.26 Å². The maximum atomic E-state index is 13.9. The summed E-state index contributed by atoms with van der Waals surface area (Å²) in [5, 5.41) is 8.96. The van der Waals surface area contributed by atoms with Crippen LogP contribution in [0.3, 0.4) is 0 Å². The van der Waals surface area contributed by atoms with Gasteiger partial charge in [-0.3, -0.25) is 4.79 Å². The van der Waals surface area contributed by atoms with E-state index in [9.17, 15) is 4.79 Å². The maximum absolute atomic E-state index is 13.9. The van der Waals surface area contributed by atoms with E-state index in [2.05, 4.69) is 30.3 Å². The molecule has 4 aliphatic rings. The smallest absolute Gasteiger partial charge is 0.317 e. The number of rotatable bonds is 8. The predicted molar refractivity (Wildman–Crippen MR) is 139 cm³/mol. The third-order valence-corrected chi connectivity index (χ3v) is 9.00. The van der Waals surface area contributed by atoms with Gasteiger partial charge in [0.15, 0.2) is 6.10 Å². The van der Waals surface area contributed by atoms with Crippen molar-refractivity contribution in [2.45, 2.75) is 69.3 Å². The molecule has 0 spiro atoms. The van der Waals surface area contributed by atoms with E-state index < -0.39 is 5.41 Å². The number of esters is 1. The molecule has 1 aliphatic carbocycles. The van der Waals surface area contributed by atoms with Gasteiger partial charge in [0.05, 0.1) is 43.3 Å². The van der Waals surface area contributed by atoms with Gasteiger partial charge in [0.1, 0.15) is 12.3 Å². The molecule has 1 atom stereocenters. The van der Waals surface area contributed by atoms with Gasteiger partial charge in [-0.1, -0.05) is 56.0 Å². The first-order chi connectivity index (χ1) is 17.6. The predicted octanol–water partition coefficient (Wildman–Crippen LogP) is 2.78. The monoisotopic (exact) mass is 566 g/mol. The highest BCUT2D eigenvalue weighted by molar-refractivity contribution is 5.83. The standard InChI is InChI=1S/C31H39N2O3.BrH/c32-23-25-11-13-28(14-12-25)35-22-8-19-33-20-15-26(16-21-33)29(24-33)36-30(34)31(17-6-1-2-7-18-31)27-9-4-3-5-10-27;/h3-5,9-14,26,29H,1-2,6-8,15-22,24H2;1H/q+1;/p-1. The number of hydrogen-bond acceptors (Lipinski definition) is 4. The summed E-state index contributed by atoms with van der Waals surface area (Å²) in [6.07, 6.45) is 9.70. The van der Waals surface area contributed by atoms with Crippen molar-refractivity contribution in [3.63, 3.8) is 0 Å². The SMILES string of the molecule is N#Cc1ccc(OCCC[N+]23CCC(CC2)C(OC(=O)C2(c4ccccc4)CCCCCC2)C3)cc1.[Br-]. The summed E-state index contributed by atoms with van der Waals surface area (Å²) in [5.41, 5.74) is 1.31. The number of carbonyl (C=O) groups is 1. The molecule has 1 unspecified atom stereocenters. The largest absolute Gasteiger partial charge is 1.00 e. The molecule has 4 fully saturated rings. The third kappa shape index (κ3) is 6.21. The zero-order chi connectivity index (χ0) is 24.8. The maximum Gasteiger partial charge on any atom is 0.317 e. The van der Waals surface area contributed by atoms with Crippen LogP contribution < -0.4 is 21.7 Å². The highest BCUT2D eigenvalue weighted by Crippen LogP contribution is 2.42. The number of fused-ring (bicyclic) bond motifs is 3. The first-order valence-corrected chi connectivity index (χ1v) is 13.9. The molecule has 0 radical (unpaired) electrons. The van der Waals surface area contributed by atoms with Gasteiger partial charge in [-0.05, 0) is 42.7 Å². The molecule has 0 aromatic heterocycles. The zero-order valence-electron chi connectivity index (χ0n) is 21.7. The molecular formula is C31H39BrN2O3. The second-order valence-electron chi connectivity index (χ2n) is 11.2. The van der Waals surface area contributed by atoms with Gasteiger partial charge >= 0.3 is 5.97 Å². The average molecular weight is 568 g/mol. The van der Waals surface area contributed by atoms with Crippen molar-refractivity contribution in [1.82, 2.24) is 0 Å². The molecule has 5 nitrogen and oxygen atoms in total. The van der Waals surface area contributed by atoms with Crippen molar-refractivity contribution >= 4 is 5.97 Å². The topological polar surface area (TPSA) is 59.3 Å². The lowest BCUT2D eigenvalue weighted by atomic mass is 9.74. The number of piperidine rings is 3. The molecule has 3 aliphatic heterocycles. The molecule has 2 bridgehead atoms. The summed E-state index contributed by atoms with van der Waals surface area (Å²) in [6, 6.07) is 19.9. The molecule has 3 saturated heterocycles. The highest BCUT2D eigenvalue weighted by Gasteiger charge is 2.50. The van der Waals surface area contributed by atoms with Gasteiger partial charge < -0.3 is 30.9 Å². The molecule has 1 saturated carbocycles. The van der Waals surface area contributed by atoms with Gasteiger partial charge in [0, 0.05) is 25.2 Å². The Morgan fingerprint density at radius 1 is 0.973 bits per heavy atom. The average Bonchev–Trinajstić information content (AvgIpc) is 3.20. The second kappa shape index (κ2) is 12.5. The van der Waals surface area contributed by atoms with Crippen LogP contribution >= 0.6 is 0 Å². The Morgan fingerprint density at radius 2 is 1.65 bits per heavy atom. The van der Waals surface area contributed by atoms with E-state index in [1.54, 1.807) is 12.1 Å². The fourth-order valence-corrected chi connectivity index (χ4v) is 6.83. The molecule has 198 valence electrons. The normalized spacial score (nSPS) is 26.2. The van der Waals surface area contributed by atoms with Crippen LogP contribution in [-0.2, 0) is 14.9 Å². The minimum atomic E-state index is -0.483. The minimum absolute atomic E-state index is 0. The number of nitrogens with zero attached hydrogens (tertiary/aromatic N) is 2. The summed E-state index contributed by atoms with van der Waals surface area (Å²) in [5.74, 6) is 1.34. The summed E-state index contributed by atoms with van der Waals surface area (Å²) in [4.78, 5) is 13.9. The Hall–Kier alpha value is -2.36. The van der Waals surface area contributed by atoms with E-state index in [4.69, 9.17) is 14.7 Å². The molecule has 2 aromatic rings. The quantitative estimate of drug-likeness (QED) is 0.213. The first kappa shape index (κ1) is 27.7. The van der Waals surface area contributed by atoms with E-state index in [-0.39, 0.29) is 29.1 Å².